The van der Waals surface area contributed by atoms with Crippen molar-refractivity contribution in [1.29, 1.82) is 0 Å². The van der Waals surface area contributed by atoms with Crippen molar-refractivity contribution in [2.75, 3.05) is 11.1 Å². The second kappa shape index (κ2) is 6.78. The number of carbonyl (C=O) groups is 1. The first kappa shape index (κ1) is 16.1. The number of anilines is 1. The maximum Gasteiger partial charge on any atom is 0.236 e. The highest BCUT2D eigenvalue weighted by Crippen LogP contribution is 2.35. The summed E-state index contributed by atoms with van der Waals surface area (Å²) in [6.07, 6.45) is 4.96. The molecule has 23 heavy (non-hydrogen) atoms. The molecule has 0 radical (unpaired) electrons. The molecule has 2 aromatic heterocycles. The van der Waals surface area contributed by atoms with Gasteiger partial charge in [0, 0.05) is 17.8 Å². The lowest BCUT2D eigenvalue weighted by molar-refractivity contribution is -0.113. The van der Waals surface area contributed by atoms with Crippen molar-refractivity contribution in [3.8, 4) is 0 Å². The Morgan fingerprint density at radius 3 is 2.78 bits per heavy atom. The van der Waals surface area contributed by atoms with E-state index in [2.05, 4.69) is 26.9 Å². The summed E-state index contributed by atoms with van der Waals surface area (Å²) in [5.74, 6) is 1.35. The normalized spacial score (nSPS) is 15.3. The van der Waals surface area contributed by atoms with Gasteiger partial charge < -0.3 is 14.4 Å². The Labute approximate surface area is 140 Å². The van der Waals surface area contributed by atoms with E-state index in [4.69, 9.17) is 4.52 Å². The number of hydrogen-bond donors (Lipinski definition) is 1. The highest BCUT2D eigenvalue weighted by Gasteiger charge is 2.23. The molecule has 0 atom stereocenters. The molecule has 1 saturated carbocycles. The first-order chi connectivity index (χ1) is 11.0. The predicted molar refractivity (Wildman–Crippen MR) is 89.8 cm³/mol. The topological polar surface area (TPSA) is 73.0 Å². The second-order valence-electron chi connectivity index (χ2n) is 6.03. The van der Waals surface area contributed by atoms with Gasteiger partial charge in [-0.2, -0.15) is 0 Å². The Kier molecular flexibility index (Phi) is 4.75. The third kappa shape index (κ3) is 3.60. The van der Waals surface area contributed by atoms with Gasteiger partial charge in [0.15, 0.2) is 11.0 Å². The van der Waals surface area contributed by atoms with Crippen LogP contribution in [0.4, 0.5) is 5.82 Å². The largest absolute Gasteiger partial charge is 0.360 e. The van der Waals surface area contributed by atoms with Crippen LogP contribution in [0.5, 0.6) is 0 Å². The van der Waals surface area contributed by atoms with E-state index < -0.39 is 0 Å². The van der Waals surface area contributed by atoms with Crippen molar-refractivity contribution in [2.24, 2.45) is 0 Å². The number of aryl methyl sites for hydroxylation is 2. The zero-order valence-corrected chi connectivity index (χ0v) is 14.6. The molecule has 2 aromatic rings. The first-order valence-corrected chi connectivity index (χ1v) is 8.94. The van der Waals surface area contributed by atoms with Crippen molar-refractivity contribution in [1.82, 2.24) is 14.7 Å². The van der Waals surface area contributed by atoms with Crippen molar-refractivity contribution >= 4 is 23.5 Å². The maximum absolute atomic E-state index is 12.1. The second-order valence-corrected chi connectivity index (χ2v) is 6.98. The molecule has 124 valence electrons. The summed E-state index contributed by atoms with van der Waals surface area (Å²) >= 11 is 1.48. The van der Waals surface area contributed by atoms with Gasteiger partial charge in [-0.15, -0.1) is 0 Å². The summed E-state index contributed by atoms with van der Waals surface area (Å²) in [6.45, 7) is 5.94. The molecule has 1 aliphatic rings. The van der Waals surface area contributed by atoms with E-state index in [1.54, 1.807) is 13.0 Å². The Morgan fingerprint density at radius 1 is 1.39 bits per heavy atom. The van der Waals surface area contributed by atoms with E-state index in [-0.39, 0.29) is 5.91 Å². The minimum absolute atomic E-state index is 0.0976. The average molecular weight is 334 g/mol. The number of thioether (sulfide) groups is 1. The standard InChI is InChI=1S/C16H22N4O2S/c1-10-8-14(19-22-10)18-15(21)9-23-16-17-11(2)12(3)20(16)13-6-4-5-7-13/h8,13H,4-7,9H2,1-3H3,(H,18,19,21). The molecule has 0 saturated heterocycles. The average Bonchev–Trinajstić information content (AvgIpc) is 3.21. The van der Waals surface area contributed by atoms with Crippen LogP contribution < -0.4 is 5.32 Å². The molecule has 0 bridgehead atoms. The lowest BCUT2D eigenvalue weighted by Crippen LogP contribution is -2.15. The van der Waals surface area contributed by atoms with E-state index >= 15 is 0 Å². The molecule has 1 N–H and O–H groups in total. The third-order valence-electron chi connectivity index (χ3n) is 4.27. The predicted octanol–water partition coefficient (Wildman–Crippen LogP) is 3.64. The number of nitrogens with one attached hydrogen (secondary N) is 1. The zero-order chi connectivity index (χ0) is 16.4. The van der Waals surface area contributed by atoms with Crippen LogP contribution in [0.2, 0.25) is 0 Å². The van der Waals surface area contributed by atoms with Crippen LogP contribution >= 0.6 is 11.8 Å². The van der Waals surface area contributed by atoms with Crippen LogP contribution in [0.3, 0.4) is 0 Å². The van der Waals surface area contributed by atoms with Crippen molar-refractivity contribution in [3.63, 3.8) is 0 Å². The summed E-state index contributed by atoms with van der Waals surface area (Å²) in [5.41, 5.74) is 2.26. The van der Waals surface area contributed by atoms with Gasteiger partial charge in [0.1, 0.15) is 5.76 Å². The van der Waals surface area contributed by atoms with E-state index in [0.29, 0.717) is 23.4 Å². The van der Waals surface area contributed by atoms with Crippen LogP contribution in [-0.2, 0) is 4.79 Å². The maximum atomic E-state index is 12.1. The smallest absolute Gasteiger partial charge is 0.236 e. The quantitative estimate of drug-likeness (QED) is 0.845. The van der Waals surface area contributed by atoms with E-state index in [0.717, 1.165) is 10.9 Å². The van der Waals surface area contributed by atoms with Gasteiger partial charge in [-0.25, -0.2) is 4.98 Å². The molecule has 2 heterocycles. The van der Waals surface area contributed by atoms with Crippen molar-refractivity contribution < 1.29 is 9.32 Å². The summed E-state index contributed by atoms with van der Waals surface area (Å²) in [7, 11) is 0. The van der Waals surface area contributed by atoms with E-state index in [1.807, 2.05) is 6.92 Å². The fourth-order valence-corrected chi connectivity index (χ4v) is 3.98. The SMILES string of the molecule is Cc1cc(NC(=O)CSc2nc(C)c(C)n2C2CCCC2)no1. The molecular weight excluding hydrogens is 312 g/mol. The van der Waals surface area contributed by atoms with Crippen LogP contribution in [0.25, 0.3) is 0 Å². The molecule has 3 rings (SSSR count). The highest BCUT2D eigenvalue weighted by molar-refractivity contribution is 7.99. The Morgan fingerprint density at radius 2 is 2.13 bits per heavy atom. The molecule has 0 spiro atoms. The molecule has 1 fully saturated rings. The van der Waals surface area contributed by atoms with Crippen LogP contribution in [0, 0.1) is 20.8 Å². The van der Waals surface area contributed by atoms with Crippen molar-refractivity contribution in [3.05, 3.63) is 23.2 Å². The molecule has 7 heteroatoms. The summed E-state index contributed by atoms with van der Waals surface area (Å²) < 4.78 is 7.27. The minimum Gasteiger partial charge on any atom is -0.360 e. The minimum atomic E-state index is -0.0976. The Bertz CT molecular complexity index is 701. The van der Waals surface area contributed by atoms with Gasteiger partial charge in [0.25, 0.3) is 0 Å². The Balaban J connectivity index is 1.65. The van der Waals surface area contributed by atoms with Gasteiger partial charge in [0.2, 0.25) is 5.91 Å². The van der Waals surface area contributed by atoms with E-state index in [1.165, 1.54) is 43.1 Å². The van der Waals surface area contributed by atoms with Gasteiger partial charge in [-0.1, -0.05) is 29.8 Å². The van der Waals surface area contributed by atoms with Crippen LogP contribution in [-0.4, -0.2) is 26.4 Å². The lowest BCUT2D eigenvalue weighted by Gasteiger charge is -2.16. The van der Waals surface area contributed by atoms with Gasteiger partial charge in [0.05, 0.1) is 11.4 Å². The molecule has 0 aliphatic heterocycles. The number of hydrogen-bond acceptors (Lipinski definition) is 5. The molecule has 6 nitrogen and oxygen atoms in total. The number of carbonyl (C=O) groups excluding carboxylic acids is 1. The monoisotopic (exact) mass is 334 g/mol. The number of aromatic nitrogens is 3. The van der Waals surface area contributed by atoms with E-state index in [9.17, 15) is 4.79 Å². The highest BCUT2D eigenvalue weighted by atomic mass is 32.2. The van der Waals surface area contributed by atoms with Crippen LogP contribution in [0.15, 0.2) is 15.7 Å². The fraction of sp³-hybridized carbons (Fsp3) is 0.562. The zero-order valence-electron chi connectivity index (χ0n) is 13.8. The summed E-state index contributed by atoms with van der Waals surface area (Å²) in [6, 6.07) is 2.23. The number of amides is 1. The molecule has 0 aromatic carbocycles. The summed E-state index contributed by atoms with van der Waals surface area (Å²) in [4.78, 5) is 16.7. The number of nitrogens with zero attached hydrogens (tertiary/aromatic N) is 3. The fourth-order valence-electron chi connectivity index (χ4n) is 3.02. The van der Waals surface area contributed by atoms with Gasteiger partial charge in [-0.05, 0) is 33.6 Å². The first-order valence-electron chi connectivity index (χ1n) is 7.96. The Hall–Kier alpha value is -1.76. The van der Waals surface area contributed by atoms with Crippen LogP contribution in [0.1, 0.15) is 48.9 Å². The molecular formula is C16H22N4O2S. The number of imidazole rings is 1. The number of rotatable bonds is 5. The van der Waals surface area contributed by atoms with Gasteiger partial charge in [-0.3, -0.25) is 4.79 Å². The third-order valence-corrected chi connectivity index (χ3v) is 5.22. The van der Waals surface area contributed by atoms with Gasteiger partial charge >= 0.3 is 0 Å². The molecule has 1 aliphatic carbocycles. The van der Waals surface area contributed by atoms with Crippen molar-refractivity contribution in [2.45, 2.75) is 57.7 Å². The molecule has 0 unspecified atom stereocenters. The molecule has 1 amide bonds. The lowest BCUT2D eigenvalue weighted by atomic mass is 10.2. The summed E-state index contributed by atoms with van der Waals surface area (Å²) in [5, 5.41) is 7.46.